The van der Waals surface area contributed by atoms with Crippen molar-refractivity contribution in [2.45, 2.75) is 81.8 Å². The Hall–Kier alpha value is -2.37. The predicted molar refractivity (Wildman–Crippen MR) is 152 cm³/mol. The highest BCUT2D eigenvalue weighted by molar-refractivity contribution is 5.76. The maximum Gasteiger partial charge on any atom is 0.222 e. The Morgan fingerprint density at radius 3 is 2.68 bits per heavy atom. The van der Waals surface area contributed by atoms with E-state index in [0.717, 1.165) is 63.3 Å². The number of methoxy groups -OCH3 is 1. The minimum atomic E-state index is -0.414. The van der Waals surface area contributed by atoms with Gasteiger partial charge in [0.2, 0.25) is 5.91 Å². The molecule has 0 spiro atoms. The van der Waals surface area contributed by atoms with Crippen LogP contribution in [0, 0.1) is 11.8 Å². The number of likely N-dealkylation sites (tertiary alicyclic amines) is 1. The summed E-state index contributed by atoms with van der Waals surface area (Å²) < 4.78 is 5.60. The van der Waals surface area contributed by atoms with Crippen molar-refractivity contribution in [3.63, 3.8) is 0 Å². The smallest absolute Gasteiger partial charge is 0.222 e. The van der Waals surface area contributed by atoms with E-state index in [0.29, 0.717) is 12.8 Å². The first-order chi connectivity index (χ1) is 18.5. The number of rotatable bonds is 11. The number of benzene rings is 2. The van der Waals surface area contributed by atoms with Gasteiger partial charge in [0.1, 0.15) is 5.75 Å². The Kier molecular flexibility index (Phi) is 8.74. The molecule has 2 saturated carbocycles. The van der Waals surface area contributed by atoms with E-state index in [4.69, 9.17) is 4.74 Å². The van der Waals surface area contributed by atoms with E-state index < -0.39 is 6.10 Å². The molecule has 0 radical (unpaired) electrons. The van der Waals surface area contributed by atoms with Crippen LogP contribution in [-0.2, 0) is 16.6 Å². The van der Waals surface area contributed by atoms with E-state index in [-0.39, 0.29) is 23.3 Å². The van der Waals surface area contributed by atoms with Gasteiger partial charge in [-0.05, 0) is 87.1 Å². The van der Waals surface area contributed by atoms with Crippen LogP contribution in [0.2, 0.25) is 0 Å². The van der Waals surface area contributed by atoms with E-state index in [1.807, 2.05) is 18.0 Å². The lowest BCUT2D eigenvalue weighted by Gasteiger charge is -2.56. The molecule has 5 rings (SSSR count). The molecular weight excluding hydrogens is 472 g/mol. The first kappa shape index (κ1) is 27.2. The van der Waals surface area contributed by atoms with Crippen LogP contribution in [0.1, 0.15) is 68.9 Å². The van der Waals surface area contributed by atoms with Crippen molar-refractivity contribution >= 4 is 5.91 Å². The highest BCUT2D eigenvalue weighted by atomic mass is 16.5. The zero-order valence-electron chi connectivity index (χ0n) is 23.4. The van der Waals surface area contributed by atoms with Crippen LogP contribution < -0.4 is 4.74 Å². The Labute approximate surface area is 229 Å². The number of hydrogen-bond donors (Lipinski definition) is 1. The van der Waals surface area contributed by atoms with Crippen molar-refractivity contribution in [1.29, 1.82) is 0 Å². The van der Waals surface area contributed by atoms with Crippen LogP contribution in [0.5, 0.6) is 5.75 Å². The third-order valence-electron chi connectivity index (χ3n) is 9.61. The molecule has 1 aliphatic heterocycles. The normalized spacial score (nSPS) is 27.5. The molecule has 0 aromatic heterocycles. The summed E-state index contributed by atoms with van der Waals surface area (Å²) in [6.07, 6.45) is 9.65. The van der Waals surface area contributed by atoms with E-state index >= 15 is 0 Å². The molecule has 1 N–H and O–H groups in total. The number of hydrogen-bond acceptors (Lipinski definition) is 4. The van der Waals surface area contributed by atoms with Gasteiger partial charge in [-0.2, -0.15) is 0 Å². The zero-order chi connectivity index (χ0) is 26.5. The van der Waals surface area contributed by atoms with E-state index in [2.05, 4.69) is 53.4 Å². The fourth-order valence-electron chi connectivity index (χ4n) is 7.12. The lowest BCUT2D eigenvalue weighted by Crippen LogP contribution is -2.61. The van der Waals surface area contributed by atoms with Crippen LogP contribution in [-0.4, -0.2) is 66.8 Å². The number of nitrogens with zero attached hydrogens (tertiary/aromatic N) is 2. The fourth-order valence-corrected chi connectivity index (χ4v) is 7.12. The summed E-state index contributed by atoms with van der Waals surface area (Å²) in [5.74, 6) is 2.11. The van der Waals surface area contributed by atoms with Gasteiger partial charge in [-0.25, -0.2) is 0 Å². The second-order valence-electron chi connectivity index (χ2n) is 12.2. The Balaban J connectivity index is 1.24. The lowest BCUT2D eigenvalue weighted by molar-refractivity contribution is -0.136. The number of aliphatic hydroxyl groups excluding tert-OH is 1. The minimum absolute atomic E-state index is 0.0549. The number of unbranched alkanes of at least 4 members (excludes halogenated alkanes) is 2. The van der Waals surface area contributed by atoms with Gasteiger partial charge in [0.15, 0.2) is 0 Å². The summed E-state index contributed by atoms with van der Waals surface area (Å²) in [4.78, 5) is 17.8. The van der Waals surface area contributed by atoms with Gasteiger partial charge in [0.25, 0.3) is 0 Å². The third kappa shape index (κ3) is 6.26. The molecule has 38 heavy (non-hydrogen) atoms. The summed E-state index contributed by atoms with van der Waals surface area (Å²) in [5, 5.41) is 11.6. The summed E-state index contributed by atoms with van der Waals surface area (Å²) in [6, 6.07) is 19.1. The van der Waals surface area contributed by atoms with E-state index in [1.54, 1.807) is 7.11 Å². The second kappa shape index (κ2) is 12.2. The van der Waals surface area contributed by atoms with Crippen molar-refractivity contribution < 1.29 is 14.6 Å². The lowest BCUT2D eigenvalue weighted by atomic mass is 9.56. The Morgan fingerprint density at radius 2 is 1.92 bits per heavy atom. The number of aryl methyl sites for hydroxylation is 1. The monoisotopic (exact) mass is 518 g/mol. The predicted octanol–water partition coefficient (Wildman–Crippen LogP) is 5.45. The van der Waals surface area contributed by atoms with Crippen molar-refractivity contribution in [3.8, 4) is 5.75 Å². The van der Waals surface area contributed by atoms with Crippen LogP contribution in [0.25, 0.3) is 0 Å². The quantitative estimate of drug-likeness (QED) is 0.402. The van der Waals surface area contributed by atoms with Gasteiger partial charge in [-0.1, -0.05) is 48.9 Å². The largest absolute Gasteiger partial charge is 0.497 e. The van der Waals surface area contributed by atoms with Crippen LogP contribution in [0.15, 0.2) is 54.6 Å². The fraction of sp³-hybridized carbons (Fsp3) is 0.606. The summed E-state index contributed by atoms with van der Waals surface area (Å²) in [6.45, 7) is 3.17. The molecule has 3 fully saturated rings. The topological polar surface area (TPSA) is 53.0 Å². The molecule has 4 atom stereocenters. The molecule has 1 unspecified atom stereocenters. The van der Waals surface area contributed by atoms with Crippen molar-refractivity contribution in [2.75, 3.05) is 33.8 Å². The number of aliphatic hydroxyl groups is 1. The Morgan fingerprint density at radius 1 is 1.11 bits per heavy atom. The number of amides is 1. The first-order valence-electron chi connectivity index (χ1n) is 14.8. The van der Waals surface area contributed by atoms with Gasteiger partial charge in [-0.15, -0.1) is 0 Å². The Bertz CT molecular complexity index is 1060. The zero-order valence-corrected chi connectivity index (χ0v) is 23.4. The highest BCUT2D eigenvalue weighted by Gasteiger charge is 2.53. The van der Waals surface area contributed by atoms with E-state index in [1.165, 1.54) is 30.5 Å². The standard InChI is InChI=1S/C33H46N2O3/c1-34(32(37)15-8-4-7-12-25-10-5-3-6-11-25)28-21-31(36)30-24-35(23-26-16-17-26)19-18-33(30,22-28)27-13-9-14-29(20-27)38-2/h3,5-6,9-11,13-14,20,26,28,30-31,36H,4,7-8,12,15-19,21-24H2,1-2H3/t28-,30-,31?,33-/m0/s1. The molecule has 2 aromatic rings. The minimum Gasteiger partial charge on any atom is -0.497 e. The average Bonchev–Trinajstić information content (AvgIpc) is 3.77. The van der Waals surface area contributed by atoms with Gasteiger partial charge >= 0.3 is 0 Å². The third-order valence-corrected chi connectivity index (χ3v) is 9.61. The summed E-state index contributed by atoms with van der Waals surface area (Å²) >= 11 is 0. The maximum absolute atomic E-state index is 13.3. The van der Waals surface area contributed by atoms with Gasteiger partial charge in [-0.3, -0.25) is 4.79 Å². The molecule has 5 nitrogen and oxygen atoms in total. The summed E-state index contributed by atoms with van der Waals surface area (Å²) in [5.41, 5.74) is 2.49. The van der Waals surface area contributed by atoms with Crippen molar-refractivity contribution in [1.82, 2.24) is 9.80 Å². The number of piperidine rings is 1. The molecule has 2 aliphatic carbocycles. The average molecular weight is 519 g/mol. The maximum atomic E-state index is 13.3. The van der Waals surface area contributed by atoms with Crippen LogP contribution in [0.4, 0.5) is 0 Å². The number of carbonyl (C=O) groups excluding carboxylic acids is 1. The second-order valence-corrected chi connectivity index (χ2v) is 12.2. The van der Waals surface area contributed by atoms with Gasteiger partial charge < -0.3 is 19.6 Å². The molecule has 5 heteroatoms. The van der Waals surface area contributed by atoms with Gasteiger partial charge in [0.05, 0.1) is 13.2 Å². The number of carbonyl (C=O) groups is 1. The molecule has 1 heterocycles. The summed E-state index contributed by atoms with van der Waals surface area (Å²) in [7, 11) is 3.68. The SMILES string of the molecule is COc1cccc([C@@]23CCN(CC4CC4)C[C@H]2C(O)C[C@H](N(C)C(=O)CCCCCc2ccccc2)C3)c1. The highest BCUT2D eigenvalue weighted by Crippen LogP contribution is 2.51. The molecule has 0 bridgehead atoms. The van der Waals surface area contributed by atoms with Crippen molar-refractivity contribution in [3.05, 3.63) is 65.7 Å². The molecule has 1 saturated heterocycles. The molecular formula is C33H46N2O3. The van der Waals surface area contributed by atoms with Crippen LogP contribution >= 0.6 is 0 Å². The number of ether oxygens (including phenoxy) is 1. The molecule has 1 amide bonds. The molecule has 3 aliphatic rings. The molecule has 2 aromatic carbocycles. The van der Waals surface area contributed by atoms with Crippen molar-refractivity contribution in [2.24, 2.45) is 11.8 Å². The van der Waals surface area contributed by atoms with Crippen LogP contribution in [0.3, 0.4) is 0 Å². The number of fused-ring (bicyclic) bond motifs is 1. The first-order valence-corrected chi connectivity index (χ1v) is 14.8. The molecule has 206 valence electrons. The van der Waals surface area contributed by atoms with E-state index in [9.17, 15) is 9.90 Å². The van der Waals surface area contributed by atoms with Gasteiger partial charge in [0, 0.05) is 43.9 Å².